The number of ether oxygens (including phenoxy) is 1. The molecule has 2 aliphatic heterocycles. The minimum atomic E-state index is -1.35. The predicted molar refractivity (Wildman–Crippen MR) is 89.6 cm³/mol. The molecule has 25 heavy (non-hydrogen) atoms. The third-order valence-corrected chi connectivity index (χ3v) is 4.69. The Morgan fingerprint density at radius 1 is 1.48 bits per heavy atom. The van der Waals surface area contributed by atoms with Crippen LogP contribution in [0.15, 0.2) is 17.1 Å². The number of carboxylic acids is 1. The van der Waals surface area contributed by atoms with Gasteiger partial charge in [-0.25, -0.2) is 9.18 Å². The van der Waals surface area contributed by atoms with Gasteiger partial charge in [0.25, 0.3) is 0 Å². The highest BCUT2D eigenvalue weighted by molar-refractivity contribution is 5.97. The van der Waals surface area contributed by atoms with Crippen LogP contribution in [0.25, 0.3) is 10.9 Å². The van der Waals surface area contributed by atoms with Gasteiger partial charge in [0.05, 0.1) is 5.39 Å². The Hall–Kier alpha value is -2.81. The van der Waals surface area contributed by atoms with Gasteiger partial charge in [-0.15, -0.1) is 0 Å². The summed E-state index contributed by atoms with van der Waals surface area (Å²) < 4.78 is 22.1. The SMILES string of the molecule is CN1COc2c(N3CCC(N)C3)c(F)cc3c(=O)c(C(=O)O)cn1c23. The number of nitrogens with two attached hydrogens (primary N) is 1. The zero-order valence-electron chi connectivity index (χ0n) is 13.5. The van der Waals surface area contributed by atoms with Crippen molar-refractivity contribution in [3.63, 3.8) is 0 Å². The molecule has 1 atom stereocenters. The van der Waals surface area contributed by atoms with E-state index in [1.807, 2.05) is 0 Å². The van der Waals surface area contributed by atoms with Crippen molar-refractivity contribution in [3.8, 4) is 5.75 Å². The minimum absolute atomic E-state index is 0.0220. The quantitative estimate of drug-likeness (QED) is 0.805. The summed E-state index contributed by atoms with van der Waals surface area (Å²) in [5.74, 6) is -1.73. The summed E-state index contributed by atoms with van der Waals surface area (Å²) >= 11 is 0. The van der Waals surface area contributed by atoms with E-state index in [-0.39, 0.29) is 29.6 Å². The molecule has 9 heteroatoms. The summed E-state index contributed by atoms with van der Waals surface area (Å²) in [6, 6.07) is 1.04. The molecule has 2 aromatic rings. The lowest BCUT2D eigenvalue weighted by atomic mass is 10.1. The van der Waals surface area contributed by atoms with Crippen LogP contribution in [-0.2, 0) is 0 Å². The summed E-state index contributed by atoms with van der Waals surface area (Å²) in [4.78, 5) is 25.7. The van der Waals surface area contributed by atoms with E-state index in [9.17, 15) is 19.1 Å². The summed E-state index contributed by atoms with van der Waals surface area (Å²) in [6.07, 6.45) is 1.98. The van der Waals surface area contributed by atoms with E-state index in [4.69, 9.17) is 10.5 Å². The number of aromatic carboxylic acids is 1. The molecule has 3 N–H and O–H groups in total. The van der Waals surface area contributed by atoms with Crippen molar-refractivity contribution in [1.29, 1.82) is 0 Å². The van der Waals surface area contributed by atoms with Crippen molar-refractivity contribution < 1.29 is 19.0 Å². The molecule has 0 saturated carbocycles. The average Bonchev–Trinajstić information content (AvgIpc) is 2.98. The maximum absolute atomic E-state index is 14.8. The number of carboxylic acid groups (broad SMARTS) is 1. The molecule has 1 aromatic heterocycles. The second-order valence-electron chi connectivity index (χ2n) is 6.38. The van der Waals surface area contributed by atoms with Gasteiger partial charge >= 0.3 is 5.97 Å². The monoisotopic (exact) mass is 348 g/mol. The number of pyridine rings is 1. The number of anilines is 1. The Kier molecular flexibility index (Phi) is 3.36. The topological polar surface area (TPSA) is 101 Å². The van der Waals surface area contributed by atoms with E-state index in [2.05, 4.69) is 0 Å². The van der Waals surface area contributed by atoms with Gasteiger partial charge in [-0.1, -0.05) is 0 Å². The van der Waals surface area contributed by atoms with Crippen LogP contribution in [0.3, 0.4) is 0 Å². The third kappa shape index (κ3) is 2.23. The molecule has 1 fully saturated rings. The number of carbonyl (C=O) groups is 1. The van der Waals surface area contributed by atoms with Gasteiger partial charge in [0.15, 0.2) is 18.3 Å². The average molecular weight is 348 g/mol. The fourth-order valence-electron chi connectivity index (χ4n) is 3.46. The van der Waals surface area contributed by atoms with Crippen molar-refractivity contribution in [1.82, 2.24) is 4.68 Å². The second kappa shape index (κ2) is 5.35. The Morgan fingerprint density at radius 3 is 2.88 bits per heavy atom. The van der Waals surface area contributed by atoms with E-state index in [1.54, 1.807) is 17.0 Å². The van der Waals surface area contributed by atoms with E-state index >= 15 is 0 Å². The number of aromatic nitrogens is 1. The first kappa shape index (κ1) is 15.7. The molecule has 1 aromatic carbocycles. The van der Waals surface area contributed by atoms with Crippen molar-refractivity contribution in [2.75, 3.05) is 36.8 Å². The van der Waals surface area contributed by atoms with Crippen molar-refractivity contribution in [2.45, 2.75) is 12.5 Å². The van der Waals surface area contributed by atoms with E-state index in [0.29, 0.717) is 18.6 Å². The molecule has 0 radical (unpaired) electrons. The predicted octanol–water partition coefficient (Wildman–Crippen LogP) is 0.294. The standard InChI is InChI=1S/C16H17FN4O4/c1-19-7-25-15-12-9(14(22)10(16(23)24)6-21(12)19)4-11(17)13(15)20-3-2-8(18)5-20/h4,6,8H,2-3,5,7,18H2,1H3,(H,23,24). The van der Waals surface area contributed by atoms with E-state index in [1.165, 1.54) is 10.9 Å². The first-order valence-electron chi connectivity index (χ1n) is 7.88. The highest BCUT2D eigenvalue weighted by atomic mass is 19.1. The summed E-state index contributed by atoms with van der Waals surface area (Å²) in [7, 11) is 1.69. The fraction of sp³-hybridized carbons (Fsp3) is 0.375. The summed E-state index contributed by atoms with van der Waals surface area (Å²) in [6.45, 7) is 1.18. The lowest BCUT2D eigenvalue weighted by Crippen LogP contribution is -2.40. The van der Waals surface area contributed by atoms with E-state index in [0.717, 1.165) is 12.5 Å². The van der Waals surface area contributed by atoms with Crippen LogP contribution >= 0.6 is 0 Å². The highest BCUT2D eigenvalue weighted by Gasteiger charge is 2.31. The molecule has 0 bridgehead atoms. The minimum Gasteiger partial charge on any atom is -0.477 e. The molecule has 0 aliphatic carbocycles. The number of hydrogen-bond acceptors (Lipinski definition) is 6. The molecule has 1 saturated heterocycles. The maximum Gasteiger partial charge on any atom is 0.341 e. The molecular weight excluding hydrogens is 331 g/mol. The van der Waals surface area contributed by atoms with Gasteiger partial charge in [0.1, 0.15) is 16.8 Å². The maximum atomic E-state index is 14.8. The first-order chi connectivity index (χ1) is 11.9. The van der Waals surface area contributed by atoms with Crippen molar-refractivity contribution in [2.24, 2.45) is 5.73 Å². The van der Waals surface area contributed by atoms with Gasteiger partial charge in [-0.2, -0.15) is 0 Å². The van der Waals surface area contributed by atoms with Crippen LogP contribution < -0.4 is 25.8 Å². The molecular formula is C16H17FN4O4. The Morgan fingerprint density at radius 2 is 2.24 bits per heavy atom. The normalized spacial score (nSPS) is 19.4. The number of hydrogen-bond donors (Lipinski definition) is 2. The van der Waals surface area contributed by atoms with Gasteiger partial charge in [-0.3, -0.25) is 14.5 Å². The van der Waals surface area contributed by atoms with Crippen LogP contribution in [0, 0.1) is 5.82 Å². The smallest absolute Gasteiger partial charge is 0.341 e. The molecule has 1 unspecified atom stereocenters. The number of rotatable bonds is 2. The lowest BCUT2D eigenvalue weighted by Gasteiger charge is -2.33. The molecule has 132 valence electrons. The molecule has 4 rings (SSSR count). The van der Waals surface area contributed by atoms with Gasteiger partial charge in [0.2, 0.25) is 5.43 Å². The van der Waals surface area contributed by atoms with Gasteiger partial charge in [-0.05, 0) is 12.5 Å². The summed E-state index contributed by atoms with van der Waals surface area (Å²) in [5, 5.41) is 10.9. The van der Waals surface area contributed by atoms with E-state index < -0.39 is 22.8 Å². The van der Waals surface area contributed by atoms with Crippen LogP contribution in [0.4, 0.5) is 10.1 Å². The Bertz CT molecular complexity index is 958. The number of benzene rings is 1. The van der Waals surface area contributed by atoms with Gasteiger partial charge < -0.3 is 20.5 Å². The zero-order valence-corrected chi connectivity index (χ0v) is 13.5. The highest BCUT2D eigenvalue weighted by Crippen LogP contribution is 2.40. The van der Waals surface area contributed by atoms with Gasteiger partial charge in [0, 0.05) is 32.4 Å². The number of nitrogens with zero attached hydrogens (tertiary/aromatic N) is 3. The fourth-order valence-corrected chi connectivity index (χ4v) is 3.46. The van der Waals surface area contributed by atoms with Crippen LogP contribution in [-0.4, -0.2) is 48.7 Å². The Balaban J connectivity index is 2.07. The first-order valence-corrected chi connectivity index (χ1v) is 7.88. The number of halogens is 1. The largest absolute Gasteiger partial charge is 0.477 e. The zero-order chi connectivity index (χ0) is 17.9. The molecule has 8 nitrogen and oxygen atoms in total. The molecule has 3 heterocycles. The Labute approximate surface area is 141 Å². The van der Waals surface area contributed by atoms with Crippen LogP contribution in [0.1, 0.15) is 16.8 Å². The van der Waals surface area contributed by atoms with Crippen LogP contribution in [0.5, 0.6) is 5.75 Å². The third-order valence-electron chi connectivity index (χ3n) is 4.69. The lowest BCUT2D eigenvalue weighted by molar-refractivity contribution is 0.0694. The molecule has 0 spiro atoms. The van der Waals surface area contributed by atoms with Crippen molar-refractivity contribution >= 4 is 22.6 Å². The molecule has 0 amide bonds. The molecule has 2 aliphatic rings. The second-order valence-corrected chi connectivity index (χ2v) is 6.38. The van der Waals surface area contributed by atoms with Crippen LogP contribution in [0.2, 0.25) is 0 Å². The summed E-state index contributed by atoms with van der Waals surface area (Å²) in [5.41, 5.74) is 5.41. The van der Waals surface area contributed by atoms with Crippen molar-refractivity contribution in [3.05, 3.63) is 33.9 Å².